The van der Waals surface area contributed by atoms with Crippen molar-refractivity contribution in [1.29, 1.82) is 0 Å². The number of hydrogen-bond acceptors (Lipinski definition) is 4. The standard InChI is InChI=1S/C24H40N6O.HI/c1-4-11-24(3)12-7-14-30(18-24)23(26-5-2)28-17-20-8-6-13-27-22(20)29-15-9-19(10-16-29)21(25)31;/h6,8,13,19H,4-5,7,9-12,14-18H2,1-3H3,(H2,25,31)(H,26,28);1H. The smallest absolute Gasteiger partial charge is 0.220 e. The number of likely N-dealkylation sites (tertiary alicyclic amines) is 1. The minimum atomic E-state index is -0.183. The molecule has 0 bridgehead atoms. The van der Waals surface area contributed by atoms with Crippen LogP contribution < -0.4 is 16.0 Å². The maximum Gasteiger partial charge on any atom is 0.220 e. The van der Waals surface area contributed by atoms with E-state index in [1.165, 1.54) is 25.7 Å². The van der Waals surface area contributed by atoms with Crippen LogP contribution in [-0.4, -0.2) is 54.5 Å². The Bertz CT molecular complexity index is 761. The highest BCUT2D eigenvalue weighted by Crippen LogP contribution is 2.34. The van der Waals surface area contributed by atoms with E-state index in [1.54, 1.807) is 0 Å². The van der Waals surface area contributed by atoms with Crippen LogP contribution in [0.25, 0.3) is 0 Å². The maximum atomic E-state index is 11.5. The molecule has 0 aliphatic carbocycles. The number of primary amides is 1. The van der Waals surface area contributed by atoms with Crippen LogP contribution in [0.1, 0.15) is 64.9 Å². The molecule has 2 aliphatic rings. The van der Waals surface area contributed by atoms with E-state index in [-0.39, 0.29) is 35.8 Å². The van der Waals surface area contributed by atoms with Gasteiger partial charge in [-0.2, -0.15) is 0 Å². The summed E-state index contributed by atoms with van der Waals surface area (Å²) in [6.07, 6.45) is 8.43. The molecule has 7 nitrogen and oxygen atoms in total. The van der Waals surface area contributed by atoms with Crippen LogP contribution in [0.15, 0.2) is 23.3 Å². The average Bonchev–Trinajstić information content (AvgIpc) is 2.77. The Morgan fingerprint density at radius 2 is 2.06 bits per heavy atom. The molecule has 3 N–H and O–H groups in total. The lowest BCUT2D eigenvalue weighted by atomic mass is 9.78. The summed E-state index contributed by atoms with van der Waals surface area (Å²) in [7, 11) is 0. The highest BCUT2D eigenvalue weighted by molar-refractivity contribution is 14.0. The maximum absolute atomic E-state index is 11.5. The van der Waals surface area contributed by atoms with Crippen LogP contribution in [0.4, 0.5) is 5.82 Å². The Hall–Kier alpha value is -1.58. The van der Waals surface area contributed by atoms with Crippen LogP contribution in [0, 0.1) is 11.3 Å². The number of hydrogen-bond donors (Lipinski definition) is 2. The van der Waals surface area contributed by atoms with Crippen molar-refractivity contribution in [3.8, 4) is 0 Å². The first-order chi connectivity index (χ1) is 15.0. The van der Waals surface area contributed by atoms with Gasteiger partial charge in [0.2, 0.25) is 5.91 Å². The number of anilines is 1. The zero-order valence-electron chi connectivity index (χ0n) is 20.0. The van der Waals surface area contributed by atoms with Crippen molar-refractivity contribution < 1.29 is 4.79 Å². The minimum Gasteiger partial charge on any atom is -0.369 e. The van der Waals surface area contributed by atoms with Crippen molar-refractivity contribution in [3.63, 3.8) is 0 Å². The van der Waals surface area contributed by atoms with Gasteiger partial charge in [0.05, 0.1) is 6.54 Å². The lowest BCUT2D eigenvalue weighted by Gasteiger charge is -2.42. The molecule has 2 saturated heterocycles. The van der Waals surface area contributed by atoms with Gasteiger partial charge < -0.3 is 20.9 Å². The molecule has 3 rings (SSSR count). The van der Waals surface area contributed by atoms with Gasteiger partial charge in [0.25, 0.3) is 0 Å². The SMILES string of the molecule is CCCC1(C)CCCN(C(=NCc2cccnc2N2CCC(C(N)=O)CC2)NCC)C1.I. The molecule has 2 fully saturated rings. The largest absolute Gasteiger partial charge is 0.369 e. The minimum absolute atomic E-state index is 0. The van der Waals surface area contributed by atoms with E-state index >= 15 is 0 Å². The van der Waals surface area contributed by atoms with Crippen LogP contribution in [0.2, 0.25) is 0 Å². The van der Waals surface area contributed by atoms with Crippen LogP contribution >= 0.6 is 24.0 Å². The van der Waals surface area contributed by atoms with Gasteiger partial charge in [-0.3, -0.25) is 4.79 Å². The monoisotopic (exact) mass is 556 g/mol. The van der Waals surface area contributed by atoms with Crippen molar-refractivity contribution in [2.75, 3.05) is 37.6 Å². The highest BCUT2D eigenvalue weighted by Gasteiger charge is 2.31. The second-order valence-electron chi connectivity index (χ2n) is 9.41. The molecule has 0 radical (unpaired) electrons. The summed E-state index contributed by atoms with van der Waals surface area (Å²) in [5, 5.41) is 3.51. The number of rotatable bonds is 7. The van der Waals surface area contributed by atoms with E-state index in [0.717, 1.165) is 62.9 Å². The zero-order chi connectivity index (χ0) is 22.3. The third-order valence-corrected chi connectivity index (χ3v) is 6.73. The number of aliphatic imine (C=N–C) groups is 1. The molecule has 1 aromatic heterocycles. The lowest BCUT2D eigenvalue weighted by Crippen LogP contribution is -2.49. The summed E-state index contributed by atoms with van der Waals surface area (Å²) in [6.45, 7) is 12.0. The molecule has 1 unspecified atom stereocenters. The summed E-state index contributed by atoms with van der Waals surface area (Å²) in [5.74, 6) is 1.79. The third kappa shape index (κ3) is 6.96. The number of amides is 1. The summed E-state index contributed by atoms with van der Waals surface area (Å²) in [4.78, 5) is 25.9. The summed E-state index contributed by atoms with van der Waals surface area (Å²) < 4.78 is 0. The molecule has 8 heteroatoms. The predicted octanol–water partition coefficient (Wildman–Crippen LogP) is 3.77. The molecule has 0 saturated carbocycles. The van der Waals surface area contributed by atoms with E-state index < -0.39 is 0 Å². The van der Waals surface area contributed by atoms with Gasteiger partial charge in [0.15, 0.2) is 5.96 Å². The molecule has 0 spiro atoms. The van der Waals surface area contributed by atoms with Crippen molar-refractivity contribution >= 4 is 41.7 Å². The molecular formula is C24H41IN6O. The van der Waals surface area contributed by atoms with Crippen molar-refractivity contribution in [2.24, 2.45) is 22.1 Å². The molecule has 1 aromatic rings. The van der Waals surface area contributed by atoms with Crippen LogP contribution in [0.5, 0.6) is 0 Å². The quantitative estimate of drug-likeness (QED) is 0.304. The Balaban J connectivity index is 0.00000363. The molecule has 1 amide bonds. The second-order valence-corrected chi connectivity index (χ2v) is 9.41. The molecule has 1 atom stereocenters. The Morgan fingerprint density at radius 3 is 2.72 bits per heavy atom. The zero-order valence-corrected chi connectivity index (χ0v) is 22.3. The fraction of sp³-hybridized carbons (Fsp3) is 0.708. The van der Waals surface area contributed by atoms with E-state index in [9.17, 15) is 4.79 Å². The van der Waals surface area contributed by atoms with E-state index in [0.29, 0.717) is 12.0 Å². The van der Waals surface area contributed by atoms with Crippen molar-refractivity contribution in [1.82, 2.24) is 15.2 Å². The molecule has 180 valence electrons. The molecular weight excluding hydrogens is 515 g/mol. The fourth-order valence-corrected chi connectivity index (χ4v) is 5.10. The number of nitrogens with two attached hydrogens (primary N) is 1. The number of aromatic nitrogens is 1. The van der Waals surface area contributed by atoms with E-state index in [4.69, 9.17) is 10.7 Å². The number of halogens is 1. The number of nitrogens with zero attached hydrogens (tertiary/aromatic N) is 4. The molecule has 0 aromatic carbocycles. The molecule has 32 heavy (non-hydrogen) atoms. The lowest BCUT2D eigenvalue weighted by molar-refractivity contribution is -0.122. The topological polar surface area (TPSA) is 86.8 Å². The van der Waals surface area contributed by atoms with Crippen LogP contribution in [0.3, 0.4) is 0 Å². The summed E-state index contributed by atoms with van der Waals surface area (Å²) >= 11 is 0. The number of piperidine rings is 2. The van der Waals surface area contributed by atoms with Crippen LogP contribution in [-0.2, 0) is 11.3 Å². The normalized spacial score (nSPS) is 22.4. The number of guanidine groups is 1. The first kappa shape index (κ1) is 26.7. The van der Waals surface area contributed by atoms with Gasteiger partial charge in [-0.05, 0) is 50.5 Å². The summed E-state index contributed by atoms with van der Waals surface area (Å²) in [6, 6.07) is 4.10. The Kier molecular flexibility index (Phi) is 10.5. The molecule has 2 aliphatic heterocycles. The first-order valence-corrected chi connectivity index (χ1v) is 12.0. The first-order valence-electron chi connectivity index (χ1n) is 12.0. The number of carbonyl (C=O) groups is 1. The average molecular weight is 557 g/mol. The van der Waals surface area contributed by atoms with Gasteiger partial charge in [-0.25, -0.2) is 9.98 Å². The van der Waals surface area contributed by atoms with Gasteiger partial charge in [-0.15, -0.1) is 24.0 Å². The predicted molar refractivity (Wildman–Crippen MR) is 142 cm³/mol. The van der Waals surface area contributed by atoms with Gasteiger partial charge in [-0.1, -0.05) is 26.3 Å². The number of pyridine rings is 1. The van der Waals surface area contributed by atoms with Gasteiger partial charge in [0, 0.05) is 50.4 Å². The van der Waals surface area contributed by atoms with Crippen molar-refractivity contribution in [2.45, 2.75) is 65.8 Å². The van der Waals surface area contributed by atoms with Crippen molar-refractivity contribution in [3.05, 3.63) is 23.9 Å². The molecule has 3 heterocycles. The van der Waals surface area contributed by atoms with E-state index in [1.807, 2.05) is 12.3 Å². The number of nitrogens with one attached hydrogen (secondary N) is 1. The highest BCUT2D eigenvalue weighted by atomic mass is 127. The Labute approximate surface area is 210 Å². The fourth-order valence-electron chi connectivity index (χ4n) is 5.10. The summed E-state index contributed by atoms with van der Waals surface area (Å²) in [5.41, 5.74) is 6.99. The number of carbonyl (C=O) groups excluding carboxylic acids is 1. The van der Waals surface area contributed by atoms with Gasteiger partial charge >= 0.3 is 0 Å². The Morgan fingerprint density at radius 1 is 1.31 bits per heavy atom. The third-order valence-electron chi connectivity index (χ3n) is 6.73. The van der Waals surface area contributed by atoms with E-state index in [2.05, 4.69) is 46.9 Å². The van der Waals surface area contributed by atoms with Gasteiger partial charge in [0.1, 0.15) is 5.82 Å². The second kappa shape index (κ2) is 12.6.